The third-order valence-electron chi connectivity index (χ3n) is 10.8. The van der Waals surface area contributed by atoms with Crippen LogP contribution in [0.3, 0.4) is 0 Å². The molecule has 0 aliphatic heterocycles. The first kappa shape index (κ1) is 31.6. The number of fused-ring (bicyclic) bond motifs is 7. The van der Waals surface area contributed by atoms with E-state index in [0.29, 0.717) is 0 Å². The summed E-state index contributed by atoms with van der Waals surface area (Å²) in [5.74, 6) is 0. The van der Waals surface area contributed by atoms with Crippen molar-refractivity contribution in [1.82, 2.24) is 0 Å². The average Bonchev–Trinajstić information content (AvgIpc) is 3.82. The molecule has 11 rings (SSSR count). The molecule has 0 N–H and O–H groups in total. The van der Waals surface area contributed by atoms with E-state index in [1.807, 2.05) is 23.5 Å². The summed E-state index contributed by atoms with van der Waals surface area (Å²) < 4.78 is 9.03. The maximum Gasteiger partial charge on any atom is 0.137 e. The Kier molecular flexibility index (Phi) is 7.39. The first-order valence-electron chi connectivity index (χ1n) is 18.6. The Bertz CT molecular complexity index is 3220. The fraction of sp³-hybridized carbons (Fsp3) is 0. The van der Waals surface area contributed by atoms with Gasteiger partial charge in [0.2, 0.25) is 0 Å². The molecular formula is C52H33NOS. The first-order chi connectivity index (χ1) is 27.2. The van der Waals surface area contributed by atoms with Crippen molar-refractivity contribution in [3.63, 3.8) is 0 Å². The summed E-state index contributed by atoms with van der Waals surface area (Å²) in [5, 5.41) is 7.38. The monoisotopic (exact) mass is 719 g/mol. The molecule has 0 unspecified atom stereocenters. The molecule has 0 atom stereocenters. The van der Waals surface area contributed by atoms with Crippen LogP contribution in [0.5, 0.6) is 0 Å². The van der Waals surface area contributed by atoms with Crippen molar-refractivity contribution in [3.8, 4) is 33.4 Å². The number of furan rings is 1. The summed E-state index contributed by atoms with van der Waals surface area (Å²) >= 11 is 1.86. The normalized spacial score (nSPS) is 11.6. The van der Waals surface area contributed by atoms with Crippen molar-refractivity contribution in [2.24, 2.45) is 0 Å². The van der Waals surface area contributed by atoms with Crippen molar-refractivity contribution in [2.75, 3.05) is 4.90 Å². The highest BCUT2D eigenvalue weighted by atomic mass is 32.1. The third kappa shape index (κ3) is 5.56. The van der Waals surface area contributed by atoms with Gasteiger partial charge in [0.25, 0.3) is 0 Å². The molecule has 9 aromatic carbocycles. The number of thiophene rings is 1. The van der Waals surface area contributed by atoms with Crippen LogP contribution in [0.25, 0.3) is 86.3 Å². The highest BCUT2D eigenvalue weighted by molar-refractivity contribution is 7.25. The minimum Gasteiger partial charge on any atom is -0.456 e. The van der Waals surface area contributed by atoms with Crippen molar-refractivity contribution in [3.05, 3.63) is 200 Å². The lowest BCUT2D eigenvalue weighted by Gasteiger charge is -2.26. The van der Waals surface area contributed by atoms with Gasteiger partial charge in [0, 0.05) is 54.1 Å². The summed E-state index contributed by atoms with van der Waals surface area (Å²) in [7, 11) is 0. The zero-order valence-corrected chi connectivity index (χ0v) is 30.6. The van der Waals surface area contributed by atoms with Crippen LogP contribution >= 0.6 is 11.3 Å². The number of para-hydroxylation sites is 1. The van der Waals surface area contributed by atoms with Gasteiger partial charge in [0.05, 0.1) is 0 Å². The molecule has 2 aromatic heterocycles. The Morgan fingerprint density at radius 3 is 1.76 bits per heavy atom. The van der Waals surface area contributed by atoms with E-state index < -0.39 is 0 Å². The standard InChI is InChI=1S/C52H33NOS/c1-2-10-36-29-40(20-19-34(36)9-1)35-21-24-42(25-22-35)53(44-26-28-46-45-15-3-5-17-49(45)54-50(46)33-44)43-14-8-13-39(31-43)37-11-7-12-38(30-37)41-23-27-48-47-16-4-6-18-51(47)55-52(48)32-41/h1-33H. The maximum atomic E-state index is 6.39. The molecule has 258 valence electrons. The molecule has 2 heterocycles. The van der Waals surface area contributed by atoms with E-state index in [4.69, 9.17) is 4.42 Å². The van der Waals surface area contributed by atoms with Gasteiger partial charge in [0.1, 0.15) is 11.2 Å². The van der Waals surface area contributed by atoms with Crippen molar-refractivity contribution in [2.45, 2.75) is 0 Å². The van der Waals surface area contributed by atoms with Crippen LogP contribution in [0.15, 0.2) is 205 Å². The van der Waals surface area contributed by atoms with Gasteiger partial charge in [-0.2, -0.15) is 0 Å². The first-order valence-corrected chi connectivity index (χ1v) is 19.5. The van der Waals surface area contributed by atoms with Gasteiger partial charge in [-0.15, -0.1) is 11.3 Å². The van der Waals surface area contributed by atoms with Crippen LogP contribution in [0.1, 0.15) is 0 Å². The van der Waals surface area contributed by atoms with Crippen LogP contribution in [0.4, 0.5) is 17.1 Å². The average molecular weight is 720 g/mol. The summed E-state index contributed by atoms with van der Waals surface area (Å²) in [5.41, 5.74) is 12.1. The van der Waals surface area contributed by atoms with Crippen molar-refractivity contribution < 1.29 is 4.42 Å². The van der Waals surface area contributed by atoms with E-state index in [9.17, 15) is 0 Å². The lowest BCUT2D eigenvalue weighted by Crippen LogP contribution is -2.10. The molecule has 11 aromatic rings. The fourth-order valence-electron chi connectivity index (χ4n) is 8.08. The number of benzene rings is 9. The van der Waals surface area contributed by atoms with Gasteiger partial charge >= 0.3 is 0 Å². The predicted molar refractivity (Wildman–Crippen MR) is 235 cm³/mol. The highest BCUT2D eigenvalue weighted by Gasteiger charge is 2.17. The lowest BCUT2D eigenvalue weighted by atomic mass is 9.98. The van der Waals surface area contributed by atoms with E-state index in [-0.39, 0.29) is 0 Å². The molecule has 55 heavy (non-hydrogen) atoms. The smallest absolute Gasteiger partial charge is 0.137 e. The van der Waals surface area contributed by atoms with Crippen LogP contribution in [0.2, 0.25) is 0 Å². The van der Waals surface area contributed by atoms with Crippen LogP contribution in [-0.4, -0.2) is 0 Å². The van der Waals surface area contributed by atoms with E-state index in [0.717, 1.165) is 44.6 Å². The second-order valence-electron chi connectivity index (χ2n) is 14.2. The van der Waals surface area contributed by atoms with Crippen molar-refractivity contribution >= 4 is 81.3 Å². The van der Waals surface area contributed by atoms with E-state index in [1.54, 1.807) is 0 Å². The quantitative estimate of drug-likeness (QED) is 0.170. The van der Waals surface area contributed by atoms with E-state index in [2.05, 4.69) is 193 Å². The number of rotatable bonds is 6. The van der Waals surface area contributed by atoms with E-state index in [1.165, 1.54) is 58.8 Å². The Morgan fingerprint density at radius 1 is 0.309 bits per heavy atom. The number of hydrogen-bond acceptors (Lipinski definition) is 3. The molecule has 0 fully saturated rings. The van der Waals surface area contributed by atoms with Gasteiger partial charge < -0.3 is 9.32 Å². The summed E-state index contributed by atoms with van der Waals surface area (Å²) in [6.45, 7) is 0. The summed E-state index contributed by atoms with van der Waals surface area (Å²) in [4.78, 5) is 2.33. The molecule has 3 heteroatoms. The van der Waals surface area contributed by atoms with Crippen LogP contribution in [-0.2, 0) is 0 Å². The zero-order chi connectivity index (χ0) is 36.3. The second-order valence-corrected chi connectivity index (χ2v) is 15.2. The van der Waals surface area contributed by atoms with Crippen molar-refractivity contribution in [1.29, 1.82) is 0 Å². The minimum absolute atomic E-state index is 0.871. The predicted octanol–water partition coefficient (Wildman–Crippen LogP) is 15.6. The fourth-order valence-corrected chi connectivity index (χ4v) is 9.23. The molecule has 0 amide bonds. The Morgan fingerprint density at radius 2 is 0.891 bits per heavy atom. The van der Waals surface area contributed by atoms with Gasteiger partial charge in [-0.3, -0.25) is 0 Å². The molecule has 0 radical (unpaired) electrons. The number of anilines is 3. The number of hydrogen-bond donors (Lipinski definition) is 0. The minimum atomic E-state index is 0.871. The molecular weight excluding hydrogens is 687 g/mol. The van der Waals surface area contributed by atoms with Gasteiger partial charge in [-0.1, -0.05) is 127 Å². The third-order valence-corrected chi connectivity index (χ3v) is 12.0. The second kappa shape index (κ2) is 12.9. The molecule has 0 bridgehead atoms. The highest BCUT2D eigenvalue weighted by Crippen LogP contribution is 2.41. The van der Waals surface area contributed by atoms with Gasteiger partial charge in [0.15, 0.2) is 0 Å². The molecule has 2 nitrogen and oxygen atoms in total. The van der Waals surface area contributed by atoms with Crippen LogP contribution < -0.4 is 4.90 Å². The molecule has 0 saturated carbocycles. The van der Waals surface area contributed by atoms with Gasteiger partial charge in [-0.05, 0) is 111 Å². The summed E-state index contributed by atoms with van der Waals surface area (Å²) in [6.07, 6.45) is 0. The molecule has 0 aliphatic carbocycles. The molecule has 0 spiro atoms. The van der Waals surface area contributed by atoms with E-state index >= 15 is 0 Å². The Hall–Kier alpha value is -6.94. The Balaban J connectivity index is 0.999. The number of nitrogens with zero attached hydrogens (tertiary/aromatic N) is 1. The zero-order valence-electron chi connectivity index (χ0n) is 29.8. The topological polar surface area (TPSA) is 16.4 Å². The van der Waals surface area contributed by atoms with Crippen LogP contribution in [0, 0.1) is 0 Å². The van der Waals surface area contributed by atoms with Gasteiger partial charge in [-0.25, -0.2) is 0 Å². The SMILES string of the molecule is c1cc(-c2cccc(N(c3ccc(-c4ccc5ccccc5c4)cc3)c3ccc4c(c3)oc3ccccc34)c2)cc(-c2ccc3c(c2)sc2ccccc23)c1. The Labute approximate surface area is 322 Å². The molecule has 0 aliphatic rings. The largest absolute Gasteiger partial charge is 0.456 e. The summed E-state index contributed by atoms with van der Waals surface area (Å²) in [6, 6.07) is 72.3. The molecule has 0 saturated heterocycles. The lowest BCUT2D eigenvalue weighted by molar-refractivity contribution is 0.669. The maximum absolute atomic E-state index is 6.39.